The van der Waals surface area contributed by atoms with Crippen LogP contribution in [-0.2, 0) is 4.79 Å². The summed E-state index contributed by atoms with van der Waals surface area (Å²) in [6.45, 7) is 7.19. The highest BCUT2D eigenvalue weighted by molar-refractivity contribution is 5.80. The molecule has 1 aromatic heterocycles. The summed E-state index contributed by atoms with van der Waals surface area (Å²) >= 11 is 0. The molecule has 0 amide bonds. The lowest BCUT2D eigenvalue weighted by atomic mass is 9.46. The number of fused-ring (bicyclic) bond motifs is 5. The van der Waals surface area contributed by atoms with Gasteiger partial charge in [0.1, 0.15) is 5.78 Å². The Hall–Kier alpha value is -1.70. The first kappa shape index (κ1) is 17.4. The van der Waals surface area contributed by atoms with Gasteiger partial charge in [0, 0.05) is 30.7 Å². The number of carbonyl (C=O) groups is 1. The Balaban J connectivity index is 1.48. The molecule has 1 unspecified atom stereocenters. The van der Waals surface area contributed by atoms with Crippen molar-refractivity contribution in [2.75, 3.05) is 0 Å². The molecule has 0 radical (unpaired) electrons. The third-order valence-corrected chi connectivity index (χ3v) is 8.85. The Morgan fingerprint density at radius 3 is 2.78 bits per heavy atom. The molecule has 5 atom stereocenters. The molecule has 0 spiro atoms. The van der Waals surface area contributed by atoms with Crippen LogP contribution in [0.3, 0.4) is 0 Å². The predicted molar refractivity (Wildman–Crippen MR) is 109 cm³/mol. The van der Waals surface area contributed by atoms with E-state index in [-0.39, 0.29) is 5.41 Å². The molecule has 1 aromatic rings. The van der Waals surface area contributed by atoms with Crippen LogP contribution >= 0.6 is 0 Å². The minimum atomic E-state index is 0.169. The van der Waals surface area contributed by atoms with Crippen molar-refractivity contribution in [3.8, 4) is 0 Å². The van der Waals surface area contributed by atoms with Gasteiger partial charge in [-0.15, -0.1) is 0 Å². The first-order valence-corrected chi connectivity index (χ1v) is 10.8. The van der Waals surface area contributed by atoms with E-state index in [2.05, 4.69) is 50.2 Å². The highest BCUT2D eigenvalue weighted by Gasteiger charge is 2.56. The van der Waals surface area contributed by atoms with Crippen molar-refractivity contribution in [3.05, 3.63) is 47.3 Å². The molecule has 3 fully saturated rings. The largest absolute Gasteiger partial charge is 0.300 e. The molecular weight excluding hydrogens is 330 g/mol. The van der Waals surface area contributed by atoms with Gasteiger partial charge < -0.3 is 0 Å². The lowest BCUT2D eigenvalue weighted by molar-refractivity contribution is -0.130. The van der Waals surface area contributed by atoms with Gasteiger partial charge in [-0.2, -0.15) is 0 Å². The Labute approximate surface area is 163 Å². The highest BCUT2D eigenvalue weighted by atomic mass is 16.1. The summed E-state index contributed by atoms with van der Waals surface area (Å²) < 4.78 is 0. The maximum atomic E-state index is 12.1. The van der Waals surface area contributed by atoms with E-state index >= 15 is 0 Å². The van der Waals surface area contributed by atoms with Gasteiger partial charge in [0.2, 0.25) is 0 Å². The van der Waals surface area contributed by atoms with Crippen LogP contribution in [0, 0.1) is 35.5 Å². The van der Waals surface area contributed by atoms with Gasteiger partial charge in [-0.3, -0.25) is 9.78 Å². The minimum Gasteiger partial charge on any atom is -0.300 e. The van der Waals surface area contributed by atoms with E-state index in [1.807, 2.05) is 6.20 Å². The quantitative estimate of drug-likeness (QED) is 0.622. The third-order valence-electron chi connectivity index (χ3n) is 8.85. The summed E-state index contributed by atoms with van der Waals surface area (Å²) in [7, 11) is 0. The molecule has 1 heterocycles. The number of carbonyl (C=O) groups excluding carboxylic acids is 1. The first-order valence-electron chi connectivity index (χ1n) is 10.8. The molecule has 3 saturated carbocycles. The first-order chi connectivity index (χ1) is 12.9. The van der Waals surface area contributed by atoms with Gasteiger partial charge in [0.25, 0.3) is 0 Å². The number of allylic oxidation sites excluding steroid dienone is 4. The molecule has 27 heavy (non-hydrogen) atoms. The van der Waals surface area contributed by atoms with E-state index in [1.165, 1.54) is 42.4 Å². The highest BCUT2D eigenvalue weighted by Crippen LogP contribution is 2.65. The average Bonchev–Trinajstić information content (AvgIpc) is 3.00. The van der Waals surface area contributed by atoms with Crippen LogP contribution in [-0.4, -0.2) is 10.8 Å². The third kappa shape index (κ3) is 2.38. The minimum absolute atomic E-state index is 0.169. The van der Waals surface area contributed by atoms with Crippen molar-refractivity contribution in [1.82, 2.24) is 4.98 Å². The van der Waals surface area contributed by atoms with Crippen LogP contribution in [0.2, 0.25) is 0 Å². The van der Waals surface area contributed by atoms with Crippen LogP contribution in [0.25, 0.3) is 5.57 Å². The zero-order valence-electron chi connectivity index (χ0n) is 16.9. The van der Waals surface area contributed by atoms with Crippen molar-refractivity contribution in [2.45, 2.75) is 65.7 Å². The number of aromatic nitrogens is 1. The Kier molecular flexibility index (Phi) is 3.80. The lowest BCUT2D eigenvalue weighted by Gasteiger charge is -2.58. The van der Waals surface area contributed by atoms with Gasteiger partial charge in [-0.1, -0.05) is 31.6 Å². The maximum Gasteiger partial charge on any atom is 0.133 e. The van der Waals surface area contributed by atoms with Crippen LogP contribution in [0.15, 0.2) is 36.2 Å². The van der Waals surface area contributed by atoms with Crippen molar-refractivity contribution in [2.24, 2.45) is 28.6 Å². The SMILES string of the molecule is Cc1ccncc1C1=CC=C2[C@@H]3CCC4CC(=O)CC[C@]4(C)[C@H]3CC[C@]12C. The average molecular weight is 362 g/mol. The monoisotopic (exact) mass is 361 g/mol. The molecule has 4 aliphatic rings. The summed E-state index contributed by atoms with van der Waals surface area (Å²) in [6.07, 6.45) is 16.6. The van der Waals surface area contributed by atoms with Gasteiger partial charge in [-0.25, -0.2) is 0 Å². The summed E-state index contributed by atoms with van der Waals surface area (Å²) in [5, 5.41) is 0. The molecule has 142 valence electrons. The smallest absolute Gasteiger partial charge is 0.133 e. The predicted octanol–water partition coefficient (Wildman–Crippen LogP) is 5.92. The zero-order chi connectivity index (χ0) is 18.8. The number of pyridine rings is 1. The van der Waals surface area contributed by atoms with Gasteiger partial charge in [-0.05, 0) is 85.0 Å². The summed E-state index contributed by atoms with van der Waals surface area (Å²) in [4.78, 5) is 16.5. The molecule has 0 N–H and O–H groups in total. The van der Waals surface area contributed by atoms with E-state index in [9.17, 15) is 4.79 Å². The standard InChI is InChI=1S/C25H31NO/c1-16-10-13-26-15-20(16)22-7-6-21-19-5-4-17-14-18(27)8-11-24(17,2)23(19)9-12-25(21,22)3/h6-7,10,13,15,17,19,23H,4-5,8-9,11-12,14H2,1-3H3/t17?,19-,23-,24-,25-/m0/s1. The number of nitrogens with zero attached hydrogens (tertiary/aromatic N) is 1. The zero-order valence-corrected chi connectivity index (χ0v) is 16.9. The number of hydrogen-bond acceptors (Lipinski definition) is 2. The Morgan fingerprint density at radius 1 is 1.11 bits per heavy atom. The molecule has 2 nitrogen and oxygen atoms in total. The molecule has 0 aliphatic heterocycles. The molecular formula is C25H31NO. The number of ketones is 1. The van der Waals surface area contributed by atoms with Gasteiger partial charge in [0.15, 0.2) is 0 Å². The number of rotatable bonds is 1. The van der Waals surface area contributed by atoms with E-state index in [0.717, 1.165) is 25.2 Å². The number of Topliss-reactive ketones (excluding diaryl/α,β-unsaturated/α-hetero) is 1. The molecule has 0 bridgehead atoms. The van der Waals surface area contributed by atoms with Gasteiger partial charge in [0.05, 0.1) is 0 Å². The van der Waals surface area contributed by atoms with E-state index < -0.39 is 0 Å². The summed E-state index contributed by atoms with van der Waals surface area (Å²) in [6, 6.07) is 2.13. The fourth-order valence-corrected chi connectivity index (χ4v) is 7.17. The summed E-state index contributed by atoms with van der Waals surface area (Å²) in [5.41, 5.74) is 6.35. The number of aryl methyl sites for hydroxylation is 1. The van der Waals surface area contributed by atoms with Gasteiger partial charge >= 0.3 is 0 Å². The number of hydrogen-bond donors (Lipinski definition) is 0. The molecule has 2 heteroatoms. The second-order valence-electron chi connectivity index (χ2n) is 10.00. The van der Waals surface area contributed by atoms with Crippen molar-refractivity contribution in [3.63, 3.8) is 0 Å². The lowest BCUT2D eigenvalue weighted by Crippen LogP contribution is -2.50. The Morgan fingerprint density at radius 2 is 1.96 bits per heavy atom. The Bertz CT molecular complexity index is 865. The van der Waals surface area contributed by atoms with Crippen molar-refractivity contribution >= 4 is 11.4 Å². The topological polar surface area (TPSA) is 30.0 Å². The fourth-order valence-electron chi connectivity index (χ4n) is 7.17. The van der Waals surface area contributed by atoms with E-state index in [4.69, 9.17) is 0 Å². The van der Waals surface area contributed by atoms with Crippen LogP contribution < -0.4 is 0 Å². The van der Waals surface area contributed by atoms with Crippen molar-refractivity contribution in [1.29, 1.82) is 0 Å². The van der Waals surface area contributed by atoms with Crippen LogP contribution in [0.4, 0.5) is 0 Å². The van der Waals surface area contributed by atoms with Crippen LogP contribution in [0.5, 0.6) is 0 Å². The van der Waals surface area contributed by atoms with Crippen LogP contribution in [0.1, 0.15) is 69.9 Å². The molecule has 5 rings (SSSR count). The molecule has 0 aromatic carbocycles. The maximum absolute atomic E-state index is 12.1. The fraction of sp³-hybridized carbons (Fsp3) is 0.600. The molecule has 4 aliphatic carbocycles. The second-order valence-corrected chi connectivity index (χ2v) is 10.00. The second kappa shape index (κ2) is 5.90. The van der Waals surface area contributed by atoms with E-state index in [0.29, 0.717) is 23.0 Å². The summed E-state index contributed by atoms with van der Waals surface area (Å²) in [5.74, 6) is 2.59. The molecule has 0 saturated heterocycles. The van der Waals surface area contributed by atoms with E-state index in [1.54, 1.807) is 5.57 Å². The van der Waals surface area contributed by atoms with Crippen molar-refractivity contribution < 1.29 is 4.79 Å². The normalized spacial score (nSPS) is 40.6.